The van der Waals surface area contributed by atoms with Crippen LogP contribution in [0.1, 0.15) is 23.2 Å². The van der Waals surface area contributed by atoms with Crippen molar-refractivity contribution in [1.82, 2.24) is 15.3 Å². The quantitative estimate of drug-likeness (QED) is 0.546. The maximum Gasteiger partial charge on any atom is 0.305 e. The molecule has 26 heavy (non-hydrogen) atoms. The van der Waals surface area contributed by atoms with Crippen molar-refractivity contribution < 1.29 is 14.3 Å². The molecule has 132 valence electrons. The highest BCUT2D eigenvalue weighted by molar-refractivity contribution is 6.07. The molecule has 1 amide bonds. The van der Waals surface area contributed by atoms with Crippen molar-refractivity contribution in [1.29, 1.82) is 0 Å². The van der Waals surface area contributed by atoms with Gasteiger partial charge in [0.05, 0.1) is 23.9 Å². The lowest BCUT2D eigenvalue weighted by atomic mass is 10.0. The molecule has 0 bridgehead atoms. The van der Waals surface area contributed by atoms with Gasteiger partial charge in [-0.15, -0.1) is 0 Å². The Hall–Kier alpha value is -3.28. The Kier molecular flexibility index (Phi) is 5.53. The van der Waals surface area contributed by atoms with Crippen LogP contribution in [0.3, 0.4) is 0 Å². The van der Waals surface area contributed by atoms with Crippen LogP contribution < -0.4 is 5.32 Å². The van der Waals surface area contributed by atoms with Crippen molar-refractivity contribution >= 4 is 22.8 Å². The van der Waals surface area contributed by atoms with Gasteiger partial charge in [-0.25, -0.2) is 4.98 Å². The monoisotopic (exact) mass is 349 g/mol. The molecule has 0 atom stereocenters. The van der Waals surface area contributed by atoms with E-state index in [9.17, 15) is 9.59 Å². The van der Waals surface area contributed by atoms with E-state index >= 15 is 0 Å². The van der Waals surface area contributed by atoms with Crippen LogP contribution in [-0.2, 0) is 9.53 Å². The average Bonchev–Trinajstić information content (AvgIpc) is 2.70. The number of ether oxygens (including phenoxy) is 1. The van der Waals surface area contributed by atoms with Gasteiger partial charge in [-0.05, 0) is 30.7 Å². The molecule has 0 unspecified atom stereocenters. The zero-order chi connectivity index (χ0) is 18.4. The third-order valence-corrected chi connectivity index (χ3v) is 3.99. The summed E-state index contributed by atoms with van der Waals surface area (Å²) >= 11 is 0. The average molecular weight is 349 g/mol. The van der Waals surface area contributed by atoms with Crippen molar-refractivity contribution in [3.8, 4) is 11.3 Å². The third kappa shape index (κ3) is 4.03. The second kappa shape index (κ2) is 8.20. The van der Waals surface area contributed by atoms with Gasteiger partial charge in [-0.3, -0.25) is 14.6 Å². The molecule has 0 saturated heterocycles. The molecule has 3 rings (SSSR count). The zero-order valence-corrected chi connectivity index (χ0v) is 14.4. The van der Waals surface area contributed by atoms with Crippen LogP contribution in [0.25, 0.3) is 22.2 Å². The third-order valence-electron chi connectivity index (χ3n) is 3.99. The number of rotatable bonds is 6. The van der Waals surface area contributed by atoms with Crippen molar-refractivity contribution in [2.24, 2.45) is 0 Å². The van der Waals surface area contributed by atoms with Crippen LogP contribution in [0.5, 0.6) is 0 Å². The predicted octanol–water partition coefficient (Wildman–Crippen LogP) is 2.98. The van der Waals surface area contributed by atoms with E-state index < -0.39 is 0 Å². The number of hydrogen-bond acceptors (Lipinski definition) is 5. The second-order valence-electron chi connectivity index (χ2n) is 5.75. The Labute approximate surface area is 151 Å². The molecule has 0 saturated carbocycles. The summed E-state index contributed by atoms with van der Waals surface area (Å²) in [7, 11) is 1.35. The summed E-state index contributed by atoms with van der Waals surface area (Å²) in [5, 5.41) is 3.64. The highest BCUT2D eigenvalue weighted by Crippen LogP contribution is 2.24. The number of nitrogens with one attached hydrogen (secondary N) is 1. The minimum Gasteiger partial charge on any atom is -0.469 e. The Balaban J connectivity index is 1.86. The van der Waals surface area contributed by atoms with Crippen LogP contribution >= 0.6 is 0 Å². The lowest BCUT2D eigenvalue weighted by Crippen LogP contribution is -2.25. The first-order chi connectivity index (χ1) is 12.7. The number of carbonyl (C=O) groups is 2. The fourth-order valence-corrected chi connectivity index (χ4v) is 2.66. The van der Waals surface area contributed by atoms with Gasteiger partial charge in [-0.2, -0.15) is 0 Å². The van der Waals surface area contributed by atoms with Crippen LogP contribution in [0.4, 0.5) is 0 Å². The topological polar surface area (TPSA) is 81.2 Å². The molecule has 6 heteroatoms. The molecule has 0 radical (unpaired) electrons. The van der Waals surface area contributed by atoms with E-state index in [-0.39, 0.29) is 18.3 Å². The van der Waals surface area contributed by atoms with Gasteiger partial charge in [0.25, 0.3) is 5.91 Å². The van der Waals surface area contributed by atoms with Gasteiger partial charge < -0.3 is 10.1 Å². The van der Waals surface area contributed by atoms with E-state index in [1.807, 2.05) is 36.4 Å². The van der Waals surface area contributed by atoms with Crippen LogP contribution in [0, 0.1) is 0 Å². The molecule has 0 aliphatic carbocycles. The predicted molar refractivity (Wildman–Crippen MR) is 98.6 cm³/mol. The molecule has 0 spiro atoms. The Morgan fingerprint density at radius 1 is 1.15 bits per heavy atom. The first-order valence-electron chi connectivity index (χ1n) is 8.34. The lowest BCUT2D eigenvalue weighted by molar-refractivity contribution is -0.140. The molecule has 1 N–H and O–H groups in total. The number of fused-ring (bicyclic) bond motifs is 1. The highest BCUT2D eigenvalue weighted by Gasteiger charge is 2.14. The number of benzene rings is 1. The van der Waals surface area contributed by atoms with Gasteiger partial charge in [0, 0.05) is 36.3 Å². The molecular weight excluding hydrogens is 330 g/mol. The maximum atomic E-state index is 12.7. The number of nitrogens with zero attached hydrogens (tertiary/aromatic N) is 2. The summed E-state index contributed by atoms with van der Waals surface area (Å²) in [6.07, 6.45) is 4.21. The van der Waals surface area contributed by atoms with Crippen LogP contribution in [-0.4, -0.2) is 35.5 Å². The molecule has 3 aromatic rings. The minimum absolute atomic E-state index is 0.196. The summed E-state index contributed by atoms with van der Waals surface area (Å²) in [5.41, 5.74) is 2.83. The molecule has 0 aliphatic rings. The normalized spacial score (nSPS) is 10.5. The second-order valence-corrected chi connectivity index (χ2v) is 5.75. The van der Waals surface area contributed by atoms with E-state index in [1.54, 1.807) is 18.5 Å². The van der Waals surface area contributed by atoms with Gasteiger partial charge in [0.1, 0.15) is 0 Å². The minimum atomic E-state index is -0.285. The molecular formula is C20H19N3O3. The van der Waals surface area contributed by atoms with Crippen LogP contribution in [0.2, 0.25) is 0 Å². The number of methoxy groups -OCH3 is 1. The van der Waals surface area contributed by atoms with Gasteiger partial charge in [-0.1, -0.05) is 18.2 Å². The molecule has 1 aromatic carbocycles. The molecule has 2 heterocycles. The Morgan fingerprint density at radius 2 is 2.00 bits per heavy atom. The van der Waals surface area contributed by atoms with Gasteiger partial charge in [0.2, 0.25) is 0 Å². The molecule has 6 nitrogen and oxygen atoms in total. The summed E-state index contributed by atoms with van der Waals surface area (Å²) in [6, 6.07) is 13.0. The molecule has 0 aliphatic heterocycles. The van der Waals surface area contributed by atoms with Crippen molar-refractivity contribution in [2.45, 2.75) is 12.8 Å². The smallest absolute Gasteiger partial charge is 0.305 e. The lowest BCUT2D eigenvalue weighted by Gasteiger charge is -2.10. The Morgan fingerprint density at radius 3 is 2.77 bits per heavy atom. The van der Waals surface area contributed by atoms with Crippen molar-refractivity contribution in [3.63, 3.8) is 0 Å². The van der Waals surface area contributed by atoms with Gasteiger partial charge in [0.15, 0.2) is 0 Å². The zero-order valence-electron chi connectivity index (χ0n) is 14.4. The standard InChI is InChI=1S/C20H19N3O3/c1-26-19(24)9-5-11-22-20(25)16-12-18(14-6-4-10-21-13-14)23-17-8-3-2-7-15(16)17/h2-4,6-8,10,12-13H,5,9,11H2,1H3,(H,22,25). The van der Waals surface area contributed by atoms with Gasteiger partial charge >= 0.3 is 5.97 Å². The first-order valence-corrected chi connectivity index (χ1v) is 8.34. The number of amides is 1. The van der Waals surface area contributed by atoms with E-state index in [2.05, 4.69) is 20.0 Å². The summed E-state index contributed by atoms with van der Waals surface area (Å²) < 4.78 is 4.60. The molecule has 0 fully saturated rings. The van der Waals surface area contributed by atoms with E-state index in [4.69, 9.17) is 0 Å². The Bertz CT molecular complexity index is 926. The summed E-state index contributed by atoms with van der Waals surface area (Å²) in [5.74, 6) is -0.480. The molecule has 2 aromatic heterocycles. The highest BCUT2D eigenvalue weighted by atomic mass is 16.5. The van der Waals surface area contributed by atoms with E-state index in [0.717, 1.165) is 16.5 Å². The number of para-hydroxylation sites is 1. The number of esters is 1. The largest absolute Gasteiger partial charge is 0.469 e. The fraction of sp³-hybridized carbons (Fsp3) is 0.200. The first kappa shape index (κ1) is 17.5. The van der Waals surface area contributed by atoms with E-state index in [1.165, 1.54) is 7.11 Å². The van der Waals surface area contributed by atoms with Crippen molar-refractivity contribution in [3.05, 3.63) is 60.4 Å². The van der Waals surface area contributed by atoms with E-state index in [0.29, 0.717) is 24.2 Å². The maximum absolute atomic E-state index is 12.7. The number of pyridine rings is 2. The summed E-state index contributed by atoms with van der Waals surface area (Å²) in [6.45, 7) is 0.396. The summed E-state index contributed by atoms with van der Waals surface area (Å²) in [4.78, 5) is 32.6. The fourth-order valence-electron chi connectivity index (χ4n) is 2.66. The SMILES string of the molecule is COC(=O)CCCNC(=O)c1cc(-c2cccnc2)nc2ccccc12. The number of hydrogen-bond donors (Lipinski definition) is 1. The number of aromatic nitrogens is 2. The van der Waals surface area contributed by atoms with Crippen molar-refractivity contribution in [2.75, 3.05) is 13.7 Å². The number of carbonyl (C=O) groups excluding carboxylic acids is 2. The van der Waals surface area contributed by atoms with Crippen LogP contribution in [0.15, 0.2) is 54.9 Å².